The van der Waals surface area contributed by atoms with E-state index in [-0.39, 0.29) is 0 Å². The van der Waals surface area contributed by atoms with E-state index in [0.29, 0.717) is 6.04 Å². The van der Waals surface area contributed by atoms with Gasteiger partial charge in [0.05, 0.1) is 10.7 Å². The van der Waals surface area contributed by atoms with Gasteiger partial charge in [-0.1, -0.05) is 56.5 Å². The predicted octanol–water partition coefficient (Wildman–Crippen LogP) is 4.52. The van der Waals surface area contributed by atoms with Crippen LogP contribution in [0.1, 0.15) is 37.6 Å². The number of hydrogen-bond acceptors (Lipinski definition) is 3. The topological polar surface area (TPSA) is 24.9 Å². The summed E-state index contributed by atoms with van der Waals surface area (Å²) in [6.07, 6.45) is 6.67. The Bertz CT molecular complexity index is 545. The highest BCUT2D eigenvalue weighted by molar-refractivity contribution is 7.09. The van der Waals surface area contributed by atoms with Crippen LogP contribution >= 0.6 is 11.3 Å². The van der Waals surface area contributed by atoms with Crippen LogP contribution in [0.2, 0.25) is 0 Å². The molecule has 1 heterocycles. The van der Waals surface area contributed by atoms with Gasteiger partial charge in [-0.2, -0.15) is 0 Å². The summed E-state index contributed by atoms with van der Waals surface area (Å²) in [5.74, 6) is 0.947. The van der Waals surface area contributed by atoms with E-state index in [4.69, 9.17) is 4.98 Å². The van der Waals surface area contributed by atoms with Crippen molar-refractivity contribution in [3.8, 4) is 11.3 Å². The number of hydrogen-bond donors (Lipinski definition) is 1. The van der Waals surface area contributed by atoms with Gasteiger partial charge in [-0.3, -0.25) is 0 Å². The van der Waals surface area contributed by atoms with Crippen molar-refractivity contribution in [1.29, 1.82) is 0 Å². The molecule has 2 aromatic rings. The molecule has 3 rings (SSSR count). The number of rotatable bonds is 7. The summed E-state index contributed by atoms with van der Waals surface area (Å²) in [7, 11) is 0. The second kappa shape index (κ2) is 7.19. The molecule has 0 aliphatic heterocycles. The van der Waals surface area contributed by atoms with Crippen LogP contribution in [0, 0.1) is 5.92 Å². The minimum atomic E-state index is 0.593. The molecular weight excluding hydrogens is 276 g/mol. The molecule has 0 radical (unpaired) electrons. The van der Waals surface area contributed by atoms with Gasteiger partial charge >= 0.3 is 0 Å². The molecule has 112 valence electrons. The first-order chi connectivity index (χ1) is 10.3. The second-order valence-corrected chi connectivity index (χ2v) is 6.93. The third-order valence-electron chi connectivity index (χ3n) is 4.38. The van der Waals surface area contributed by atoms with Gasteiger partial charge in [0.25, 0.3) is 0 Å². The molecule has 1 aliphatic carbocycles. The van der Waals surface area contributed by atoms with E-state index in [1.54, 1.807) is 11.3 Å². The van der Waals surface area contributed by atoms with Gasteiger partial charge in [-0.25, -0.2) is 4.98 Å². The van der Waals surface area contributed by atoms with Crippen LogP contribution in [-0.4, -0.2) is 17.6 Å². The van der Waals surface area contributed by atoms with Crippen molar-refractivity contribution < 1.29 is 0 Å². The minimum Gasteiger partial charge on any atom is -0.314 e. The standard InChI is InChI=1S/C18H24N2S/c1-2-19-16(11-14-7-6-8-14)12-18-20-17(13-21-18)15-9-4-3-5-10-15/h3-5,9-10,13-14,16,19H,2,6-8,11-12H2,1H3. The van der Waals surface area contributed by atoms with E-state index in [1.807, 2.05) is 0 Å². The summed E-state index contributed by atoms with van der Waals surface area (Å²) in [6.45, 7) is 3.25. The molecule has 1 atom stereocenters. The molecule has 3 heteroatoms. The zero-order chi connectivity index (χ0) is 14.5. The summed E-state index contributed by atoms with van der Waals surface area (Å²) in [5, 5.41) is 7.10. The largest absolute Gasteiger partial charge is 0.314 e. The number of thiazole rings is 1. The smallest absolute Gasteiger partial charge is 0.0948 e. The summed E-state index contributed by atoms with van der Waals surface area (Å²) < 4.78 is 0. The van der Waals surface area contributed by atoms with Gasteiger partial charge in [-0.15, -0.1) is 11.3 Å². The van der Waals surface area contributed by atoms with Crippen molar-refractivity contribution in [2.45, 2.75) is 45.1 Å². The van der Waals surface area contributed by atoms with Crippen molar-refractivity contribution in [3.63, 3.8) is 0 Å². The van der Waals surface area contributed by atoms with E-state index in [1.165, 1.54) is 36.3 Å². The molecule has 1 N–H and O–H groups in total. The third kappa shape index (κ3) is 3.92. The van der Waals surface area contributed by atoms with Crippen LogP contribution in [-0.2, 0) is 6.42 Å². The number of nitrogens with one attached hydrogen (secondary N) is 1. The molecule has 1 aromatic carbocycles. The zero-order valence-corrected chi connectivity index (χ0v) is 13.5. The van der Waals surface area contributed by atoms with Crippen molar-refractivity contribution in [3.05, 3.63) is 40.7 Å². The molecule has 1 aliphatic rings. The summed E-state index contributed by atoms with van der Waals surface area (Å²) >= 11 is 1.80. The quantitative estimate of drug-likeness (QED) is 0.813. The van der Waals surface area contributed by atoms with Crippen molar-refractivity contribution >= 4 is 11.3 Å². The van der Waals surface area contributed by atoms with Gasteiger partial charge < -0.3 is 5.32 Å². The van der Waals surface area contributed by atoms with Gasteiger partial charge in [-0.05, 0) is 18.9 Å². The predicted molar refractivity (Wildman–Crippen MR) is 90.7 cm³/mol. The molecule has 1 unspecified atom stereocenters. The Morgan fingerprint density at radius 1 is 1.29 bits per heavy atom. The fourth-order valence-electron chi connectivity index (χ4n) is 3.02. The lowest BCUT2D eigenvalue weighted by molar-refractivity contribution is 0.260. The van der Waals surface area contributed by atoms with Crippen LogP contribution in [0.4, 0.5) is 0 Å². The first-order valence-electron chi connectivity index (χ1n) is 8.08. The molecule has 1 fully saturated rings. The molecule has 0 saturated heterocycles. The van der Waals surface area contributed by atoms with Crippen molar-refractivity contribution in [2.24, 2.45) is 5.92 Å². The lowest BCUT2D eigenvalue weighted by Gasteiger charge is -2.29. The molecule has 0 bridgehead atoms. The van der Waals surface area contributed by atoms with Gasteiger partial charge in [0.1, 0.15) is 0 Å². The first kappa shape index (κ1) is 14.7. The van der Waals surface area contributed by atoms with E-state index >= 15 is 0 Å². The Kier molecular flexibility index (Phi) is 5.04. The number of aromatic nitrogens is 1. The fourth-order valence-corrected chi connectivity index (χ4v) is 3.90. The van der Waals surface area contributed by atoms with Crippen LogP contribution in [0.25, 0.3) is 11.3 Å². The first-order valence-corrected chi connectivity index (χ1v) is 8.96. The zero-order valence-electron chi connectivity index (χ0n) is 12.7. The maximum atomic E-state index is 4.83. The summed E-state index contributed by atoms with van der Waals surface area (Å²) in [6, 6.07) is 11.1. The number of nitrogens with zero attached hydrogens (tertiary/aromatic N) is 1. The fraction of sp³-hybridized carbons (Fsp3) is 0.500. The van der Waals surface area contributed by atoms with Crippen LogP contribution in [0.3, 0.4) is 0 Å². The SMILES string of the molecule is CCNC(Cc1nc(-c2ccccc2)cs1)CC1CCC1. The van der Waals surface area contributed by atoms with E-state index in [9.17, 15) is 0 Å². The van der Waals surface area contributed by atoms with E-state index in [0.717, 1.165) is 24.6 Å². The lowest BCUT2D eigenvalue weighted by Crippen LogP contribution is -2.34. The maximum absolute atomic E-state index is 4.83. The average molecular weight is 300 g/mol. The summed E-state index contributed by atoms with van der Waals surface area (Å²) in [4.78, 5) is 4.83. The highest BCUT2D eigenvalue weighted by Crippen LogP contribution is 2.31. The molecular formula is C18H24N2S. The minimum absolute atomic E-state index is 0.593. The Morgan fingerprint density at radius 2 is 2.10 bits per heavy atom. The lowest BCUT2D eigenvalue weighted by atomic mass is 9.80. The molecule has 21 heavy (non-hydrogen) atoms. The van der Waals surface area contributed by atoms with E-state index < -0.39 is 0 Å². The maximum Gasteiger partial charge on any atom is 0.0948 e. The van der Waals surface area contributed by atoms with Gasteiger partial charge in [0, 0.05) is 23.4 Å². The average Bonchev–Trinajstić information content (AvgIpc) is 2.92. The Labute approximate surface area is 131 Å². The Hall–Kier alpha value is -1.19. The van der Waals surface area contributed by atoms with Crippen LogP contribution in [0.15, 0.2) is 35.7 Å². The van der Waals surface area contributed by atoms with Crippen LogP contribution in [0.5, 0.6) is 0 Å². The molecule has 1 saturated carbocycles. The molecule has 0 spiro atoms. The van der Waals surface area contributed by atoms with Crippen LogP contribution < -0.4 is 5.32 Å². The van der Waals surface area contributed by atoms with Crippen molar-refractivity contribution in [2.75, 3.05) is 6.54 Å². The Balaban J connectivity index is 1.64. The van der Waals surface area contributed by atoms with Gasteiger partial charge in [0.15, 0.2) is 0 Å². The monoisotopic (exact) mass is 300 g/mol. The molecule has 2 nitrogen and oxygen atoms in total. The number of benzene rings is 1. The van der Waals surface area contributed by atoms with Gasteiger partial charge in [0.2, 0.25) is 0 Å². The van der Waals surface area contributed by atoms with E-state index in [2.05, 4.69) is 48.0 Å². The third-order valence-corrected chi connectivity index (χ3v) is 5.25. The highest BCUT2D eigenvalue weighted by atomic mass is 32.1. The second-order valence-electron chi connectivity index (χ2n) is 5.98. The summed E-state index contributed by atoms with van der Waals surface area (Å²) in [5.41, 5.74) is 2.34. The Morgan fingerprint density at radius 3 is 2.76 bits per heavy atom. The highest BCUT2D eigenvalue weighted by Gasteiger charge is 2.22. The van der Waals surface area contributed by atoms with Crippen molar-refractivity contribution in [1.82, 2.24) is 10.3 Å². The number of likely N-dealkylation sites (N-methyl/N-ethyl adjacent to an activating group) is 1. The normalized spacial score (nSPS) is 16.6. The molecule has 0 amide bonds. The molecule has 1 aromatic heterocycles.